The van der Waals surface area contributed by atoms with Crippen LogP contribution in [-0.2, 0) is 11.2 Å². The number of nitrogens with zero attached hydrogens (tertiary/aromatic N) is 2. The molecule has 1 heterocycles. The van der Waals surface area contributed by atoms with Crippen LogP contribution in [0.1, 0.15) is 5.89 Å². The predicted molar refractivity (Wildman–Crippen MR) is 75.8 cm³/mol. The van der Waals surface area contributed by atoms with Crippen LogP contribution in [0.5, 0.6) is 0 Å². The Labute approximate surface area is 124 Å². The van der Waals surface area contributed by atoms with Crippen molar-refractivity contribution in [3.05, 3.63) is 34.4 Å². The molecule has 2 aromatic rings. The molecule has 0 radical (unpaired) electrons. The summed E-state index contributed by atoms with van der Waals surface area (Å²) in [6.07, 6.45) is 0.549. The van der Waals surface area contributed by atoms with Crippen molar-refractivity contribution in [1.82, 2.24) is 15.5 Å². The molecule has 0 aliphatic carbocycles. The third-order valence-electron chi connectivity index (χ3n) is 2.79. The maximum absolute atomic E-state index is 13.3. The van der Waals surface area contributed by atoms with Crippen LogP contribution in [-0.4, -0.2) is 36.9 Å². The fourth-order valence-corrected chi connectivity index (χ4v) is 2.26. The molecular formula is C13H15BrFN3O2. The van der Waals surface area contributed by atoms with E-state index >= 15 is 0 Å². The molecule has 0 aliphatic rings. The number of methoxy groups -OCH3 is 1. The molecule has 108 valence electrons. The SMILES string of the molecule is CNC(COC)Cc1nc(-c2cc(F)cc(Br)c2)no1. The zero-order valence-corrected chi connectivity index (χ0v) is 12.8. The van der Waals surface area contributed by atoms with Gasteiger partial charge in [-0.3, -0.25) is 0 Å². The van der Waals surface area contributed by atoms with E-state index in [4.69, 9.17) is 9.26 Å². The van der Waals surface area contributed by atoms with Crippen molar-refractivity contribution in [3.63, 3.8) is 0 Å². The summed E-state index contributed by atoms with van der Waals surface area (Å²) in [5, 5.41) is 6.97. The quantitative estimate of drug-likeness (QED) is 0.872. The number of likely N-dealkylation sites (N-methyl/N-ethyl adjacent to an activating group) is 1. The van der Waals surface area contributed by atoms with E-state index in [1.54, 1.807) is 13.2 Å². The van der Waals surface area contributed by atoms with Crippen molar-refractivity contribution >= 4 is 15.9 Å². The fraction of sp³-hybridized carbons (Fsp3) is 0.385. The molecule has 1 unspecified atom stereocenters. The Bertz CT molecular complexity index is 556. The van der Waals surface area contributed by atoms with Gasteiger partial charge in [0.1, 0.15) is 5.82 Å². The first kappa shape index (κ1) is 15.1. The highest BCUT2D eigenvalue weighted by atomic mass is 79.9. The predicted octanol–water partition coefficient (Wildman–Crippen LogP) is 2.42. The average molecular weight is 344 g/mol. The largest absolute Gasteiger partial charge is 0.383 e. The number of rotatable bonds is 6. The van der Waals surface area contributed by atoms with Gasteiger partial charge in [0.25, 0.3) is 0 Å². The lowest BCUT2D eigenvalue weighted by Crippen LogP contribution is -2.32. The minimum absolute atomic E-state index is 0.0903. The van der Waals surface area contributed by atoms with E-state index in [0.717, 1.165) is 0 Å². The molecule has 1 aromatic heterocycles. The number of nitrogens with one attached hydrogen (secondary N) is 1. The summed E-state index contributed by atoms with van der Waals surface area (Å²) in [6, 6.07) is 4.57. The maximum atomic E-state index is 13.3. The van der Waals surface area contributed by atoms with E-state index in [-0.39, 0.29) is 11.9 Å². The number of hydrogen-bond acceptors (Lipinski definition) is 5. The van der Waals surface area contributed by atoms with Crippen LogP contribution in [0.3, 0.4) is 0 Å². The summed E-state index contributed by atoms with van der Waals surface area (Å²) in [5.41, 5.74) is 0.569. The van der Waals surface area contributed by atoms with Crippen LogP contribution in [0.2, 0.25) is 0 Å². The van der Waals surface area contributed by atoms with E-state index in [2.05, 4.69) is 31.4 Å². The Balaban J connectivity index is 2.15. The van der Waals surface area contributed by atoms with Gasteiger partial charge in [0.15, 0.2) is 0 Å². The molecule has 1 aromatic carbocycles. The Hall–Kier alpha value is -1.31. The Kier molecular flexibility index (Phi) is 5.22. The maximum Gasteiger partial charge on any atom is 0.228 e. The van der Waals surface area contributed by atoms with Gasteiger partial charge in [-0.25, -0.2) is 4.39 Å². The van der Waals surface area contributed by atoms with Crippen molar-refractivity contribution in [3.8, 4) is 11.4 Å². The normalized spacial score (nSPS) is 12.6. The molecule has 7 heteroatoms. The lowest BCUT2D eigenvalue weighted by Gasteiger charge is -2.11. The average Bonchev–Trinajstić information content (AvgIpc) is 2.85. The van der Waals surface area contributed by atoms with Crippen LogP contribution in [0, 0.1) is 5.82 Å². The van der Waals surface area contributed by atoms with Gasteiger partial charge in [-0.15, -0.1) is 0 Å². The second-order valence-electron chi connectivity index (χ2n) is 4.31. The number of aromatic nitrogens is 2. The van der Waals surface area contributed by atoms with Gasteiger partial charge in [0.05, 0.1) is 6.61 Å². The second-order valence-corrected chi connectivity index (χ2v) is 5.23. The molecule has 0 bridgehead atoms. The van der Waals surface area contributed by atoms with E-state index < -0.39 is 0 Å². The smallest absolute Gasteiger partial charge is 0.228 e. The highest BCUT2D eigenvalue weighted by Crippen LogP contribution is 2.22. The Morgan fingerprint density at radius 2 is 2.25 bits per heavy atom. The van der Waals surface area contributed by atoms with Crippen LogP contribution < -0.4 is 5.32 Å². The first-order chi connectivity index (χ1) is 9.62. The lowest BCUT2D eigenvalue weighted by atomic mass is 10.2. The van der Waals surface area contributed by atoms with Crippen molar-refractivity contribution in [2.75, 3.05) is 20.8 Å². The van der Waals surface area contributed by atoms with Crippen molar-refractivity contribution in [2.24, 2.45) is 0 Å². The summed E-state index contributed by atoms with van der Waals surface area (Å²) in [5.74, 6) is 0.498. The molecule has 0 saturated heterocycles. The third-order valence-corrected chi connectivity index (χ3v) is 3.24. The summed E-state index contributed by atoms with van der Waals surface area (Å²) in [7, 11) is 3.47. The van der Waals surface area contributed by atoms with Crippen LogP contribution in [0.4, 0.5) is 4.39 Å². The van der Waals surface area contributed by atoms with Gasteiger partial charge >= 0.3 is 0 Å². The minimum atomic E-state index is -0.354. The van der Waals surface area contributed by atoms with Gasteiger partial charge in [-0.05, 0) is 25.2 Å². The highest BCUT2D eigenvalue weighted by molar-refractivity contribution is 9.10. The fourth-order valence-electron chi connectivity index (χ4n) is 1.79. The van der Waals surface area contributed by atoms with Gasteiger partial charge in [-0.1, -0.05) is 21.1 Å². The van der Waals surface area contributed by atoms with Crippen LogP contribution in [0.25, 0.3) is 11.4 Å². The van der Waals surface area contributed by atoms with E-state index in [0.29, 0.717) is 34.8 Å². The third kappa shape index (κ3) is 3.84. The molecule has 0 aliphatic heterocycles. The Morgan fingerprint density at radius 1 is 1.45 bits per heavy atom. The van der Waals surface area contributed by atoms with Crippen molar-refractivity contribution < 1.29 is 13.7 Å². The van der Waals surface area contributed by atoms with Gasteiger partial charge in [0.2, 0.25) is 11.7 Å². The molecule has 0 spiro atoms. The molecular weight excluding hydrogens is 329 g/mol. The van der Waals surface area contributed by atoms with Crippen LogP contribution >= 0.6 is 15.9 Å². The Morgan fingerprint density at radius 3 is 2.90 bits per heavy atom. The van der Waals surface area contributed by atoms with Gasteiger partial charge in [0, 0.05) is 29.6 Å². The lowest BCUT2D eigenvalue weighted by molar-refractivity contribution is 0.165. The summed E-state index contributed by atoms with van der Waals surface area (Å²) in [6.45, 7) is 0.541. The number of ether oxygens (including phenoxy) is 1. The first-order valence-corrected chi connectivity index (χ1v) is 6.87. The summed E-state index contributed by atoms with van der Waals surface area (Å²) >= 11 is 3.24. The topological polar surface area (TPSA) is 60.2 Å². The number of halogens is 2. The molecule has 5 nitrogen and oxygen atoms in total. The number of benzene rings is 1. The standard InChI is InChI=1S/C13H15BrFN3O2/c1-16-11(7-19-2)6-12-17-13(18-20-12)8-3-9(14)5-10(15)4-8/h3-5,11,16H,6-7H2,1-2H3. The molecule has 0 fully saturated rings. The molecule has 0 saturated carbocycles. The summed E-state index contributed by atoms with van der Waals surface area (Å²) < 4.78 is 24.2. The zero-order valence-electron chi connectivity index (χ0n) is 11.2. The van der Waals surface area contributed by atoms with Crippen molar-refractivity contribution in [1.29, 1.82) is 0 Å². The highest BCUT2D eigenvalue weighted by Gasteiger charge is 2.14. The molecule has 0 amide bonds. The van der Waals surface area contributed by atoms with Crippen molar-refractivity contribution in [2.45, 2.75) is 12.5 Å². The summed E-state index contributed by atoms with van der Waals surface area (Å²) in [4.78, 5) is 4.27. The number of hydrogen-bond donors (Lipinski definition) is 1. The monoisotopic (exact) mass is 343 g/mol. The van der Waals surface area contributed by atoms with E-state index in [9.17, 15) is 4.39 Å². The van der Waals surface area contributed by atoms with Gasteiger partial charge < -0.3 is 14.6 Å². The zero-order chi connectivity index (χ0) is 14.5. The second kappa shape index (κ2) is 6.92. The molecule has 1 atom stereocenters. The molecule has 20 heavy (non-hydrogen) atoms. The first-order valence-electron chi connectivity index (χ1n) is 6.07. The van der Waals surface area contributed by atoms with Gasteiger partial charge in [-0.2, -0.15) is 4.98 Å². The molecule has 2 rings (SSSR count). The minimum Gasteiger partial charge on any atom is -0.383 e. The van der Waals surface area contributed by atoms with E-state index in [1.165, 1.54) is 12.1 Å². The van der Waals surface area contributed by atoms with Crippen LogP contribution in [0.15, 0.2) is 27.2 Å². The molecule has 1 N–H and O–H groups in total. The van der Waals surface area contributed by atoms with E-state index in [1.807, 2.05) is 7.05 Å².